The molecule has 2 amide bonds. The lowest BCUT2D eigenvalue weighted by Gasteiger charge is -2.27. The van der Waals surface area contributed by atoms with Crippen LogP contribution in [0.4, 0.5) is 18.0 Å². The van der Waals surface area contributed by atoms with Gasteiger partial charge in [-0.1, -0.05) is 6.07 Å². The Labute approximate surface area is 188 Å². The molecular formula is C23H25F3N4O3. The Morgan fingerprint density at radius 2 is 1.94 bits per heavy atom. The number of H-pyrrole nitrogens is 1. The van der Waals surface area contributed by atoms with Crippen molar-refractivity contribution in [1.29, 1.82) is 0 Å². The van der Waals surface area contributed by atoms with E-state index in [1.165, 1.54) is 37.4 Å². The van der Waals surface area contributed by atoms with Gasteiger partial charge in [-0.3, -0.25) is 0 Å². The number of imidazole rings is 1. The minimum atomic E-state index is -1.12. The first-order valence-electron chi connectivity index (χ1n) is 10.7. The Morgan fingerprint density at radius 1 is 1.18 bits per heavy atom. The van der Waals surface area contributed by atoms with Crippen molar-refractivity contribution in [2.24, 2.45) is 0 Å². The molecule has 1 atom stereocenters. The number of aliphatic hydroxyl groups excluding tert-OH is 1. The number of benzene rings is 2. The quantitative estimate of drug-likeness (QED) is 0.447. The molecule has 4 N–H and O–H groups in total. The van der Waals surface area contributed by atoms with Crippen molar-refractivity contribution >= 4 is 17.1 Å². The van der Waals surface area contributed by atoms with Crippen molar-refractivity contribution in [2.75, 3.05) is 7.11 Å². The molecule has 1 heterocycles. The van der Waals surface area contributed by atoms with E-state index in [-0.39, 0.29) is 35.7 Å². The minimum absolute atomic E-state index is 0.0195. The summed E-state index contributed by atoms with van der Waals surface area (Å²) < 4.78 is 47.3. The predicted octanol–water partition coefficient (Wildman–Crippen LogP) is 3.88. The molecule has 0 aliphatic heterocycles. The summed E-state index contributed by atoms with van der Waals surface area (Å²) in [5.74, 6) is -2.61. The molecule has 10 heteroatoms. The summed E-state index contributed by atoms with van der Waals surface area (Å²) in [7, 11) is 1.24. The molecular weight excluding hydrogens is 437 g/mol. The Morgan fingerprint density at radius 3 is 2.67 bits per heavy atom. The molecule has 0 saturated heterocycles. The molecule has 7 nitrogen and oxygen atoms in total. The maximum Gasteiger partial charge on any atom is 0.315 e. The first-order chi connectivity index (χ1) is 15.8. The maximum absolute atomic E-state index is 14.6. The van der Waals surface area contributed by atoms with Crippen molar-refractivity contribution in [3.8, 4) is 5.75 Å². The number of rotatable bonds is 6. The van der Waals surface area contributed by atoms with Gasteiger partial charge in [-0.25, -0.2) is 18.6 Å². The zero-order valence-electron chi connectivity index (χ0n) is 18.0. The Hall–Kier alpha value is -3.27. The highest BCUT2D eigenvalue weighted by Gasteiger charge is 2.25. The van der Waals surface area contributed by atoms with E-state index in [1.807, 2.05) is 0 Å². The van der Waals surface area contributed by atoms with E-state index < -0.39 is 29.5 Å². The number of nitrogens with one attached hydrogen (secondary N) is 3. The van der Waals surface area contributed by atoms with E-state index in [0.29, 0.717) is 36.7 Å². The highest BCUT2D eigenvalue weighted by atomic mass is 19.2. The Balaban J connectivity index is 1.59. The summed E-state index contributed by atoms with van der Waals surface area (Å²) in [4.78, 5) is 20.1. The molecule has 1 saturated carbocycles. The van der Waals surface area contributed by atoms with Gasteiger partial charge in [-0.15, -0.1) is 0 Å². The topological polar surface area (TPSA) is 99.3 Å². The molecule has 4 rings (SSSR count). The highest BCUT2D eigenvalue weighted by molar-refractivity contribution is 5.76. The number of halogens is 3. The molecule has 3 aromatic rings. The Bertz CT molecular complexity index is 1150. The molecule has 1 aromatic heterocycles. The number of hydrogen-bond donors (Lipinski definition) is 4. The first-order valence-corrected chi connectivity index (χ1v) is 10.7. The van der Waals surface area contributed by atoms with Crippen LogP contribution in [0.3, 0.4) is 0 Å². The van der Waals surface area contributed by atoms with Crippen LogP contribution < -0.4 is 15.4 Å². The largest absolute Gasteiger partial charge is 0.494 e. The Kier molecular flexibility index (Phi) is 6.73. The van der Waals surface area contributed by atoms with E-state index in [0.717, 1.165) is 0 Å². The molecule has 1 unspecified atom stereocenters. The monoisotopic (exact) mass is 462 g/mol. The highest BCUT2D eigenvalue weighted by Crippen LogP contribution is 2.27. The number of amides is 2. The second kappa shape index (κ2) is 9.70. The van der Waals surface area contributed by atoms with Crippen molar-refractivity contribution in [2.45, 2.75) is 50.3 Å². The first kappa shape index (κ1) is 22.9. The zero-order valence-corrected chi connectivity index (χ0v) is 18.0. The van der Waals surface area contributed by atoms with Crippen LogP contribution in [0, 0.1) is 17.5 Å². The van der Waals surface area contributed by atoms with Crippen molar-refractivity contribution in [3.63, 3.8) is 0 Å². The number of carbonyl (C=O) groups is 1. The molecule has 1 aliphatic rings. The SMILES string of the molecule is COc1ccc(CC(NC(=O)N[C@H]2CC[C@H](O)CC2)c2nc3cc(F)ccc3[nH]2)c(F)c1F. The van der Waals surface area contributed by atoms with E-state index in [9.17, 15) is 23.1 Å². The van der Waals surface area contributed by atoms with Crippen LogP contribution >= 0.6 is 0 Å². The smallest absolute Gasteiger partial charge is 0.315 e. The number of ether oxygens (including phenoxy) is 1. The number of aliphatic hydroxyl groups is 1. The van der Waals surface area contributed by atoms with Gasteiger partial charge in [0.1, 0.15) is 11.6 Å². The summed E-state index contributed by atoms with van der Waals surface area (Å²) in [5.41, 5.74) is 0.909. The van der Waals surface area contributed by atoms with Gasteiger partial charge in [0.15, 0.2) is 11.6 Å². The molecule has 2 aromatic carbocycles. The van der Waals surface area contributed by atoms with Crippen LogP contribution in [0.2, 0.25) is 0 Å². The molecule has 33 heavy (non-hydrogen) atoms. The average Bonchev–Trinajstić information content (AvgIpc) is 3.21. The summed E-state index contributed by atoms with van der Waals surface area (Å²) >= 11 is 0. The molecule has 0 radical (unpaired) electrons. The van der Waals surface area contributed by atoms with Crippen molar-refractivity contribution < 1.29 is 27.8 Å². The second-order valence-electron chi connectivity index (χ2n) is 8.22. The molecule has 176 valence electrons. The molecule has 1 aliphatic carbocycles. The van der Waals surface area contributed by atoms with E-state index >= 15 is 0 Å². The third-order valence-electron chi connectivity index (χ3n) is 5.90. The van der Waals surface area contributed by atoms with Gasteiger partial charge in [0, 0.05) is 18.5 Å². The van der Waals surface area contributed by atoms with Crippen LogP contribution in [-0.4, -0.2) is 40.4 Å². The number of hydrogen-bond acceptors (Lipinski definition) is 4. The molecule has 0 bridgehead atoms. The van der Waals surface area contributed by atoms with E-state index in [1.54, 1.807) is 0 Å². The summed E-state index contributed by atoms with van der Waals surface area (Å²) in [6.07, 6.45) is 2.01. The lowest BCUT2D eigenvalue weighted by atomic mass is 9.93. The van der Waals surface area contributed by atoms with Crippen molar-refractivity contribution in [1.82, 2.24) is 20.6 Å². The third-order valence-corrected chi connectivity index (χ3v) is 5.90. The van der Waals surface area contributed by atoms with Crippen LogP contribution in [-0.2, 0) is 6.42 Å². The van der Waals surface area contributed by atoms with Gasteiger partial charge in [-0.2, -0.15) is 4.39 Å². The number of aromatic amines is 1. The van der Waals surface area contributed by atoms with Crippen molar-refractivity contribution in [3.05, 3.63) is 59.2 Å². The standard InChI is InChI=1S/C23H25F3N4O3/c1-33-19-9-2-12(20(25)21(19)26)10-18(22-28-16-8-3-13(24)11-17(16)29-22)30-23(32)27-14-4-6-15(31)7-5-14/h2-3,8-9,11,14-15,18,31H,4-7,10H2,1H3,(H,28,29)(H2,27,30,32)/t14-,15-,18?. The maximum atomic E-state index is 14.6. The van der Waals surface area contributed by atoms with Crippen LogP contribution in [0.5, 0.6) is 5.75 Å². The van der Waals surface area contributed by atoms with Gasteiger partial charge in [0.2, 0.25) is 5.82 Å². The number of nitrogens with zero attached hydrogens (tertiary/aromatic N) is 1. The third kappa shape index (κ3) is 5.22. The van der Waals surface area contributed by atoms with Gasteiger partial charge < -0.3 is 25.5 Å². The number of methoxy groups -OCH3 is 1. The number of fused-ring (bicyclic) bond motifs is 1. The summed E-state index contributed by atoms with van der Waals surface area (Å²) in [5, 5.41) is 15.3. The van der Waals surface area contributed by atoms with Gasteiger partial charge in [-0.05, 0) is 49.4 Å². The zero-order chi connectivity index (χ0) is 23.5. The van der Waals surface area contributed by atoms with Crippen LogP contribution in [0.15, 0.2) is 30.3 Å². The predicted molar refractivity (Wildman–Crippen MR) is 115 cm³/mol. The lowest BCUT2D eigenvalue weighted by molar-refractivity contribution is 0.117. The molecule has 0 spiro atoms. The number of urea groups is 1. The summed E-state index contributed by atoms with van der Waals surface area (Å²) in [6, 6.07) is 5.27. The molecule has 1 fully saturated rings. The number of aromatic nitrogens is 2. The second-order valence-corrected chi connectivity index (χ2v) is 8.22. The van der Waals surface area contributed by atoms with Gasteiger partial charge in [0.05, 0.1) is 30.3 Å². The van der Waals surface area contributed by atoms with Crippen LogP contribution in [0.1, 0.15) is 43.1 Å². The lowest BCUT2D eigenvalue weighted by Crippen LogP contribution is -2.45. The normalized spacial score (nSPS) is 19.3. The average molecular weight is 462 g/mol. The van der Waals surface area contributed by atoms with Crippen LogP contribution in [0.25, 0.3) is 11.0 Å². The fourth-order valence-electron chi connectivity index (χ4n) is 4.09. The fraction of sp³-hybridized carbons (Fsp3) is 0.391. The van der Waals surface area contributed by atoms with Gasteiger partial charge in [0.25, 0.3) is 0 Å². The van der Waals surface area contributed by atoms with E-state index in [4.69, 9.17) is 4.74 Å². The van der Waals surface area contributed by atoms with E-state index in [2.05, 4.69) is 20.6 Å². The fourth-order valence-corrected chi connectivity index (χ4v) is 4.09. The number of carbonyl (C=O) groups excluding carboxylic acids is 1. The summed E-state index contributed by atoms with van der Waals surface area (Å²) in [6.45, 7) is 0. The van der Waals surface area contributed by atoms with Gasteiger partial charge >= 0.3 is 6.03 Å². The minimum Gasteiger partial charge on any atom is -0.494 e.